The summed E-state index contributed by atoms with van der Waals surface area (Å²) < 4.78 is 5.49. The maximum Gasteiger partial charge on any atom is 0.408 e. The first kappa shape index (κ1) is 27.9. The van der Waals surface area contributed by atoms with E-state index in [9.17, 15) is 14.4 Å². The summed E-state index contributed by atoms with van der Waals surface area (Å²) in [5.74, 6) is -0.572. The van der Waals surface area contributed by atoms with Crippen LogP contribution in [0, 0.1) is 0 Å². The Hall–Kier alpha value is -4.13. The molecule has 1 saturated carbocycles. The van der Waals surface area contributed by atoms with Crippen molar-refractivity contribution in [3.8, 4) is 0 Å². The highest BCUT2D eigenvalue weighted by molar-refractivity contribution is 5.92. The van der Waals surface area contributed by atoms with Gasteiger partial charge in [0.15, 0.2) is 0 Å². The van der Waals surface area contributed by atoms with Gasteiger partial charge < -0.3 is 20.3 Å². The van der Waals surface area contributed by atoms with Crippen LogP contribution in [0.5, 0.6) is 0 Å². The van der Waals surface area contributed by atoms with Gasteiger partial charge >= 0.3 is 6.09 Å². The lowest BCUT2D eigenvalue weighted by atomic mass is 10.00. The topological polar surface area (TPSA) is 87.7 Å². The van der Waals surface area contributed by atoms with Gasteiger partial charge in [-0.05, 0) is 50.3 Å². The van der Waals surface area contributed by atoms with Gasteiger partial charge in [0.2, 0.25) is 11.8 Å². The molecule has 0 heterocycles. The third-order valence-electron chi connectivity index (χ3n) is 6.42. The van der Waals surface area contributed by atoms with E-state index < -0.39 is 23.8 Å². The molecule has 1 fully saturated rings. The third-order valence-corrected chi connectivity index (χ3v) is 6.42. The molecule has 3 aromatic carbocycles. The van der Waals surface area contributed by atoms with E-state index in [1.54, 1.807) is 25.7 Å². The van der Waals surface area contributed by atoms with Crippen LogP contribution in [0.3, 0.4) is 0 Å². The molecule has 2 unspecified atom stereocenters. The summed E-state index contributed by atoms with van der Waals surface area (Å²) in [6.45, 7) is 5.68. The molecule has 0 aromatic heterocycles. The summed E-state index contributed by atoms with van der Waals surface area (Å²) in [6, 6.07) is 26.7. The van der Waals surface area contributed by atoms with Crippen molar-refractivity contribution < 1.29 is 19.1 Å². The summed E-state index contributed by atoms with van der Waals surface area (Å²) in [6.07, 6.45) is 1.20. The summed E-state index contributed by atoms with van der Waals surface area (Å²) in [5, 5.41) is 5.84. The average molecular weight is 528 g/mol. The second-order valence-corrected chi connectivity index (χ2v) is 10.9. The Morgan fingerprint density at radius 1 is 0.846 bits per heavy atom. The Morgan fingerprint density at radius 2 is 1.38 bits per heavy atom. The number of nitrogens with one attached hydrogen (secondary N) is 2. The molecule has 0 radical (unpaired) electrons. The molecule has 2 atom stereocenters. The Labute approximate surface area is 230 Å². The van der Waals surface area contributed by atoms with E-state index in [0.717, 1.165) is 29.5 Å². The number of alkyl carbamates (subject to hydrolysis) is 1. The van der Waals surface area contributed by atoms with E-state index in [4.69, 9.17) is 4.74 Å². The molecule has 0 saturated heterocycles. The van der Waals surface area contributed by atoms with Crippen LogP contribution in [0.1, 0.15) is 56.3 Å². The number of benzene rings is 3. The average Bonchev–Trinajstić information content (AvgIpc) is 3.75. The Balaban J connectivity index is 1.64. The lowest BCUT2D eigenvalue weighted by Gasteiger charge is -2.34. The highest BCUT2D eigenvalue weighted by Gasteiger charge is 2.44. The molecule has 2 N–H and O–H groups in total. The summed E-state index contributed by atoms with van der Waals surface area (Å²) >= 11 is 0. The van der Waals surface area contributed by atoms with Crippen LogP contribution < -0.4 is 10.6 Å². The molecule has 0 aliphatic heterocycles. The van der Waals surface area contributed by atoms with E-state index in [2.05, 4.69) is 10.6 Å². The van der Waals surface area contributed by atoms with E-state index >= 15 is 0 Å². The molecule has 7 nitrogen and oxygen atoms in total. The summed E-state index contributed by atoms with van der Waals surface area (Å²) in [7, 11) is 0. The zero-order valence-electron chi connectivity index (χ0n) is 22.8. The number of ether oxygens (including phenoxy) is 1. The van der Waals surface area contributed by atoms with Crippen molar-refractivity contribution in [3.05, 3.63) is 108 Å². The van der Waals surface area contributed by atoms with Gasteiger partial charge in [-0.15, -0.1) is 0 Å². The number of rotatable bonds is 10. The SMILES string of the molecule is CC(C)(C)OC(=O)NC(Cc1ccccc1)C(=O)N(C1CC1)C(C(=O)NCc1ccccc1)c1ccccc1. The number of nitrogens with zero attached hydrogens (tertiary/aromatic N) is 1. The Kier molecular flexibility index (Phi) is 9.02. The summed E-state index contributed by atoms with van der Waals surface area (Å²) in [5.41, 5.74) is 1.87. The lowest BCUT2D eigenvalue weighted by molar-refractivity contribution is -0.143. The van der Waals surface area contributed by atoms with Crippen LogP contribution in [0.4, 0.5) is 4.79 Å². The molecule has 204 valence electrons. The monoisotopic (exact) mass is 527 g/mol. The van der Waals surface area contributed by atoms with Crippen molar-refractivity contribution in [1.82, 2.24) is 15.5 Å². The maximum absolute atomic E-state index is 14.3. The molecule has 0 bridgehead atoms. The molecule has 7 heteroatoms. The number of carbonyl (C=O) groups excluding carboxylic acids is 3. The number of hydrogen-bond acceptors (Lipinski definition) is 4. The number of carbonyl (C=O) groups is 3. The van der Waals surface area contributed by atoms with Crippen LogP contribution in [0.2, 0.25) is 0 Å². The fourth-order valence-corrected chi connectivity index (χ4v) is 4.51. The van der Waals surface area contributed by atoms with Gasteiger partial charge in [-0.1, -0.05) is 91.0 Å². The fraction of sp³-hybridized carbons (Fsp3) is 0.344. The predicted molar refractivity (Wildman–Crippen MR) is 151 cm³/mol. The van der Waals surface area contributed by atoms with Gasteiger partial charge in [0, 0.05) is 19.0 Å². The van der Waals surface area contributed by atoms with E-state index in [0.29, 0.717) is 6.54 Å². The smallest absolute Gasteiger partial charge is 0.408 e. The van der Waals surface area contributed by atoms with Gasteiger partial charge in [-0.2, -0.15) is 0 Å². The number of amides is 3. The molecular formula is C32H37N3O4. The zero-order chi connectivity index (χ0) is 27.8. The molecule has 0 spiro atoms. The molecule has 3 aromatic rings. The van der Waals surface area contributed by atoms with Crippen molar-refractivity contribution in [2.75, 3.05) is 0 Å². The van der Waals surface area contributed by atoms with Crippen molar-refractivity contribution in [3.63, 3.8) is 0 Å². The largest absolute Gasteiger partial charge is 0.444 e. The van der Waals surface area contributed by atoms with Crippen LogP contribution >= 0.6 is 0 Å². The van der Waals surface area contributed by atoms with E-state index in [-0.39, 0.29) is 24.3 Å². The minimum absolute atomic E-state index is 0.0936. The quantitative estimate of drug-likeness (QED) is 0.381. The van der Waals surface area contributed by atoms with Crippen molar-refractivity contribution in [2.45, 2.75) is 70.3 Å². The summed E-state index contributed by atoms with van der Waals surface area (Å²) in [4.78, 5) is 42.6. The molecule has 1 aliphatic rings. The lowest BCUT2D eigenvalue weighted by Crippen LogP contribution is -2.54. The van der Waals surface area contributed by atoms with E-state index in [1.807, 2.05) is 91.0 Å². The first-order valence-electron chi connectivity index (χ1n) is 13.4. The van der Waals surface area contributed by atoms with Crippen LogP contribution in [-0.2, 0) is 27.3 Å². The standard InChI is InChI=1S/C32H37N3O4/c1-32(2,3)39-31(38)34-27(21-23-13-7-4-8-14-23)30(37)35(26-19-20-26)28(25-17-11-6-12-18-25)29(36)33-22-24-15-9-5-10-16-24/h4-18,26-28H,19-22H2,1-3H3,(H,33,36)(H,34,38). The van der Waals surface area contributed by atoms with Crippen LogP contribution in [0.25, 0.3) is 0 Å². The zero-order valence-corrected chi connectivity index (χ0v) is 22.8. The van der Waals surface area contributed by atoms with Crippen molar-refractivity contribution >= 4 is 17.9 Å². The first-order chi connectivity index (χ1) is 18.7. The number of hydrogen-bond donors (Lipinski definition) is 2. The van der Waals surface area contributed by atoms with Crippen molar-refractivity contribution in [2.24, 2.45) is 0 Å². The minimum atomic E-state index is -0.906. The third kappa shape index (κ3) is 8.18. The van der Waals surface area contributed by atoms with E-state index in [1.165, 1.54) is 0 Å². The molecule has 4 rings (SSSR count). The molecular weight excluding hydrogens is 490 g/mol. The van der Waals surface area contributed by atoms with Crippen LogP contribution in [-0.4, -0.2) is 40.5 Å². The second-order valence-electron chi connectivity index (χ2n) is 10.9. The maximum atomic E-state index is 14.3. The highest BCUT2D eigenvalue weighted by atomic mass is 16.6. The highest BCUT2D eigenvalue weighted by Crippen LogP contribution is 2.36. The Bertz CT molecular complexity index is 1240. The Morgan fingerprint density at radius 3 is 1.92 bits per heavy atom. The minimum Gasteiger partial charge on any atom is -0.444 e. The fourth-order valence-electron chi connectivity index (χ4n) is 4.51. The van der Waals surface area contributed by atoms with Crippen molar-refractivity contribution in [1.29, 1.82) is 0 Å². The van der Waals surface area contributed by atoms with Gasteiger partial charge in [0.1, 0.15) is 17.7 Å². The first-order valence-corrected chi connectivity index (χ1v) is 13.4. The van der Waals surface area contributed by atoms with Gasteiger partial charge in [0.25, 0.3) is 0 Å². The van der Waals surface area contributed by atoms with Gasteiger partial charge in [-0.3, -0.25) is 9.59 Å². The second kappa shape index (κ2) is 12.6. The molecule has 39 heavy (non-hydrogen) atoms. The van der Waals surface area contributed by atoms with Gasteiger partial charge in [-0.25, -0.2) is 4.79 Å². The van der Waals surface area contributed by atoms with Gasteiger partial charge in [0.05, 0.1) is 0 Å². The van der Waals surface area contributed by atoms with Crippen LogP contribution in [0.15, 0.2) is 91.0 Å². The predicted octanol–water partition coefficient (Wildman–Crippen LogP) is 5.17. The molecule has 1 aliphatic carbocycles. The molecule has 3 amide bonds. The normalized spacial score (nSPS) is 14.5.